The summed E-state index contributed by atoms with van der Waals surface area (Å²) in [5, 5.41) is 3.07. The van der Waals surface area contributed by atoms with Gasteiger partial charge in [-0.3, -0.25) is 0 Å². The minimum absolute atomic E-state index is 0.526. The van der Waals surface area contributed by atoms with E-state index in [-0.39, 0.29) is 0 Å². The van der Waals surface area contributed by atoms with Gasteiger partial charge >= 0.3 is 0 Å². The van der Waals surface area contributed by atoms with Crippen molar-refractivity contribution in [3.05, 3.63) is 51.6 Å². The second-order valence-corrected chi connectivity index (χ2v) is 5.92. The molecule has 2 aromatic heterocycles. The van der Waals surface area contributed by atoms with Gasteiger partial charge in [-0.05, 0) is 37.9 Å². The van der Waals surface area contributed by atoms with E-state index in [0.717, 1.165) is 20.2 Å². The molecule has 1 aromatic carbocycles. The van der Waals surface area contributed by atoms with Gasteiger partial charge < -0.3 is 9.73 Å². The molecular formula is C15H11Br2N3O. The summed E-state index contributed by atoms with van der Waals surface area (Å²) in [7, 11) is 1.82. The Morgan fingerprint density at radius 3 is 2.43 bits per heavy atom. The van der Waals surface area contributed by atoms with Crippen LogP contribution in [0, 0.1) is 0 Å². The topological polar surface area (TPSA) is 51.0 Å². The Morgan fingerprint density at radius 1 is 1.05 bits per heavy atom. The van der Waals surface area contributed by atoms with Crippen LogP contribution in [0.25, 0.3) is 22.8 Å². The highest BCUT2D eigenvalue weighted by molar-refractivity contribution is 9.11. The summed E-state index contributed by atoms with van der Waals surface area (Å²) in [5.41, 5.74) is 1.82. The number of hydrogen-bond donors (Lipinski definition) is 1. The zero-order valence-corrected chi connectivity index (χ0v) is 14.3. The van der Waals surface area contributed by atoms with Crippen molar-refractivity contribution >= 4 is 37.7 Å². The van der Waals surface area contributed by atoms with Crippen molar-refractivity contribution in [2.24, 2.45) is 0 Å². The molecule has 1 N–H and O–H groups in total. The van der Waals surface area contributed by atoms with E-state index >= 15 is 0 Å². The number of benzene rings is 1. The number of hydrogen-bond acceptors (Lipinski definition) is 4. The third-order valence-electron chi connectivity index (χ3n) is 2.96. The molecule has 0 aliphatic carbocycles. The average Bonchev–Trinajstić information content (AvgIpc) is 2.94. The van der Waals surface area contributed by atoms with Gasteiger partial charge in [-0.2, -0.15) is 0 Å². The summed E-state index contributed by atoms with van der Waals surface area (Å²) in [4.78, 5) is 9.12. The zero-order valence-electron chi connectivity index (χ0n) is 11.1. The van der Waals surface area contributed by atoms with Crippen molar-refractivity contribution in [1.82, 2.24) is 9.97 Å². The lowest BCUT2D eigenvalue weighted by Gasteiger charge is -2.10. The van der Waals surface area contributed by atoms with Crippen molar-refractivity contribution in [3.63, 3.8) is 0 Å². The van der Waals surface area contributed by atoms with Crippen molar-refractivity contribution in [1.29, 1.82) is 0 Å². The smallest absolute Gasteiger partial charge is 0.199 e. The molecule has 0 saturated carbocycles. The Bertz CT molecular complexity index is 772. The fourth-order valence-electron chi connectivity index (χ4n) is 1.95. The molecule has 0 bridgehead atoms. The summed E-state index contributed by atoms with van der Waals surface area (Å²) in [6.45, 7) is 0. The number of furan rings is 1. The summed E-state index contributed by atoms with van der Waals surface area (Å²) < 4.78 is 7.11. The highest BCUT2D eigenvalue weighted by atomic mass is 79.9. The molecule has 0 atom stereocenters. The van der Waals surface area contributed by atoms with E-state index in [1.807, 2.05) is 43.4 Å². The van der Waals surface area contributed by atoms with E-state index in [9.17, 15) is 0 Å². The Hall–Kier alpha value is -1.66. The number of aromatic nitrogens is 2. The lowest BCUT2D eigenvalue weighted by molar-refractivity contribution is 0.576. The number of rotatable bonds is 3. The van der Waals surface area contributed by atoms with E-state index in [4.69, 9.17) is 4.42 Å². The van der Waals surface area contributed by atoms with Gasteiger partial charge in [0, 0.05) is 12.6 Å². The quantitative estimate of drug-likeness (QED) is 0.664. The standard InChI is InChI=1S/C15H11Br2N3O/c1-18-14-11(17)12(9-5-3-2-4-6-9)19-15(20-14)13-10(16)7-8-21-13/h2-8H,1H3,(H,18,19,20). The molecule has 0 radical (unpaired) electrons. The fourth-order valence-corrected chi connectivity index (χ4v) is 2.94. The lowest BCUT2D eigenvalue weighted by Crippen LogP contribution is -2.00. The van der Waals surface area contributed by atoms with Crippen molar-refractivity contribution < 1.29 is 4.42 Å². The Kier molecular flexibility index (Phi) is 4.07. The van der Waals surface area contributed by atoms with Crippen LogP contribution in [0.3, 0.4) is 0 Å². The number of halogens is 2. The lowest BCUT2D eigenvalue weighted by atomic mass is 10.1. The number of nitrogens with one attached hydrogen (secondary N) is 1. The van der Waals surface area contributed by atoms with Gasteiger partial charge in [-0.15, -0.1) is 0 Å². The van der Waals surface area contributed by atoms with Crippen LogP contribution in [-0.2, 0) is 0 Å². The maximum atomic E-state index is 5.47. The minimum atomic E-state index is 0.526. The first-order valence-corrected chi connectivity index (χ1v) is 7.83. The molecule has 21 heavy (non-hydrogen) atoms. The van der Waals surface area contributed by atoms with Crippen molar-refractivity contribution in [3.8, 4) is 22.8 Å². The SMILES string of the molecule is CNc1nc(-c2occc2Br)nc(-c2ccccc2)c1Br. The van der Waals surface area contributed by atoms with Crippen LogP contribution < -0.4 is 5.32 Å². The molecule has 0 fully saturated rings. The maximum absolute atomic E-state index is 5.47. The molecule has 2 heterocycles. The summed E-state index contributed by atoms with van der Waals surface area (Å²) in [5.74, 6) is 1.84. The molecule has 0 spiro atoms. The first-order valence-electron chi connectivity index (χ1n) is 6.24. The monoisotopic (exact) mass is 407 g/mol. The third kappa shape index (κ3) is 2.73. The largest absolute Gasteiger partial charge is 0.460 e. The highest BCUT2D eigenvalue weighted by Crippen LogP contribution is 2.35. The summed E-state index contributed by atoms with van der Waals surface area (Å²) in [6.07, 6.45) is 1.60. The first-order chi connectivity index (χ1) is 10.2. The van der Waals surface area contributed by atoms with Gasteiger partial charge in [0.15, 0.2) is 11.6 Å². The number of nitrogens with zero attached hydrogens (tertiary/aromatic N) is 2. The molecule has 0 aliphatic heterocycles. The van der Waals surface area contributed by atoms with Crippen LogP contribution in [0.4, 0.5) is 5.82 Å². The molecular weight excluding hydrogens is 398 g/mol. The average molecular weight is 409 g/mol. The van der Waals surface area contributed by atoms with Crippen LogP contribution in [0.5, 0.6) is 0 Å². The first kappa shape index (κ1) is 14.3. The van der Waals surface area contributed by atoms with Crippen molar-refractivity contribution in [2.45, 2.75) is 0 Å². The summed E-state index contributed by atoms with van der Waals surface area (Å²) >= 11 is 7.01. The van der Waals surface area contributed by atoms with Crippen LogP contribution >= 0.6 is 31.9 Å². The van der Waals surface area contributed by atoms with Crippen LogP contribution in [-0.4, -0.2) is 17.0 Å². The molecule has 3 rings (SSSR count). The zero-order chi connectivity index (χ0) is 14.8. The maximum Gasteiger partial charge on any atom is 0.199 e. The molecule has 6 heteroatoms. The van der Waals surface area contributed by atoms with E-state index in [1.165, 1.54) is 0 Å². The van der Waals surface area contributed by atoms with Gasteiger partial charge in [0.1, 0.15) is 5.82 Å². The second-order valence-electron chi connectivity index (χ2n) is 4.27. The Morgan fingerprint density at radius 2 is 1.81 bits per heavy atom. The Labute approximate surface area is 138 Å². The minimum Gasteiger partial charge on any atom is -0.460 e. The molecule has 0 aliphatic rings. The van der Waals surface area contributed by atoms with Gasteiger partial charge in [-0.1, -0.05) is 30.3 Å². The molecule has 0 amide bonds. The van der Waals surface area contributed by atoms with Gasteiger partial charge in [0.05, 0.1) is 20.9 Å². The van der Waals surface area contributed by atoms with Crippen LogP contribution in [0.2, 0.25) is 0 Å². The normalized spacial score (nSPS) is 10.6. The molecule has 0 unspecified atom stereocenters. The molecule has 4 nitrogen and oxygen atoms in total. The van der Waals surface area contributed by atoms with Crippen LogP contribution in [0.15, 0.2) is 56.0 Å². The van der Waals surface area contributed by atoms with E-state index < -0.39 is 0 Å². The predicted molar refractivity (Wildman–Crippen MR) is 90.1 cm³/mol. The van der Waals surface area contributed by atoms with Crippen molar-refractivity contribution in [2.75, 3.05) is 12.4 Å². The predicted octanol–water partition coefficient (Wildman–Crippen LogP) is 4.97. The van der Waals surface area contributed by atoms with Crippen LogP contribution in [0.1, 0.15) is 0 Å². The Balaban J connectivity index is 2.23. The summed E-state index contributed by atoms with van der Waals surface area (Å²) in [6, 6.07) is 11.8. The third-order valence-corrected chi connectivity index (χ3v) is 4.33. The second kappa shape index (κ2) is 5.99. The van der Waals surface area contributed by atoms with E-state index in [2.05, 4.69) is 47.1 Å². The molecule has 106 valence electrons. The number of anilines is 1. The van der Waals surface area contributed by atoms with Gasteiger partial charge in [-0.25, -0.2) is 9.97 Å². The fraction of sp³-hybridized carbons (Fsp3) is 0.0667. The highest BCUT2D eigenvalue weighted by Gasteiger charge is 2.17. The molecule has 0 saturated heterocycles. The van der Waals surface area contributed by atoms with Gasteiger partial charge in [0.2, 0.25) is 0 Å². The van der Waals surface area contributed by atoms with E-state index in [0.29, 0.717) is 17.4 Å². The van der Waals surface area contributed by atoms with Gasteiger partial charge in [0.25, 0.3) is 0 Å². The van der Waals surface area contributed by atoms with E-state index in [1.54, 1.807) is 6.26 Å². The molecule has 3 aromatic rings.